The van der Waals surface area contributed by atoms with Crippen molar-refractivity contribution < 1.29 is 23.8 Å². The first-order chi connectivity index (χ1) is 12.0. The molecule has 0 saturated heterocycles. The first-order valence-corrected chi connectivity index (χ1v) is 7.96. The molecule has 0 radical (unpaired) electrons. The van der Waals surface area contributed by atoms with Gasteiger partial charge in [-0.15, -0.1) is 0 Å². The molecular formula is C18H12Cl2O5. The maximum absolute atomic E-state index is 12.4. The first kappa shape index (κ1) is 17.3. The van der Waals surface area contributed by atoms with E-state index in [1.54, 1.807) is 42.5 Å². The summed E-state index contributed by atoms with van der Waals surface area (Å²) in [4.78, 5) is 23.5. The minimum atomic E-state index is -0.504. The number of esters is 1. The number of rotatable bonds is 4. The van der Waals surface area contributed by atoms with Gasteiger partial charge in [-0.1, -0.05) is 29.3 Å². The Balaban J connectivity index is 1.83. The van der Waals surface area contributed by atoms with Crippen molar-refractivity contribution in [2.24, 2.45) is 0 Å². The minimum Gasteiger partial charge on any atom is -0.482 e. The third-order valence-corrected chi connectivity index (χ3v) is 4.04. The molecule has 7 heteroatoms. The number of ketones is 1. The molecule has 0 N–H and O–H groups in total. The van der Waals surface area contributed by atoms with Gasteiger partial charge in [0, 0.05) is 16.1 Å². The van der Waals surface area contributed by atoms with Crippen LogP contribution in [0.15, 0.2) is 42.2 Å². The van der Waals surface area contributed by atoms with Crippen LogP contribution in [0.1, 0.15) is 15.9 Å². The standard InChI is InChI=1S/C18H12Cl2O5/c1-23-17(21)9-24-12-4-5-13-15(8-12)25-16(18(13)22)6-10-2-3-11(19)7-14(10)20/h2-8H,9H2,1H3/b16-6-. The highest BCUT2D eigenvalue weighted by atomic mass is 35.5. The van der Waals surface area contributed by atoms with E-state index in [1.807, 2.05) is 0 Å². The van der Waals surface area contributed by atoms with E-state index in [2.05, 4.69) is 4.74 Å². The fourth-order valence-electron chi connectivity index (χ4n) is 2.22. The predicted molar refractivity (Wildman–Crippen MR) is 93.4 cm³/mol. The van der Waals surface area contributed by atoms with Gasteiger partial charge >= 0.3 is 5.97 Å². The molecular weight excluding hydrogens is 367 g/mol. The number of hydrogen-bond acceptors (Lipinski definition) is 5. The van der Waals surface area contributed by atoms with E-state index in [-0.39, 0.29) is 18.1 Å². The van der Waals surface area contributed by atoms with Gasteiger partial charge in [-0.3, -0.25) is 4.79 Å². The fourth-order valence-corrected chi connectivity index (χ4v) is 2.68. The highest BCUT2D eigenvalue weighted by Gasteiger charge is 2.28. The van der Waals surface area contributed by atoms with Gasteiger partial charge in [0.25, 0.3) is 0 Å². The van der Waals surface area contributed by atoms with Gasteiger partial charge in [0.05, 0.1) is 12.7 Å². The second-order valence-corrected chi connectivity index (χ2v) is 5.97. The molecule has 0 amide bonds. The van der Waals surface area contributed by atoms with Crippen LogP contribution in [0.25, 0.3) is 6.08 Å². The number of halogens is 2. The van der Waals surface area contributed by atoms with Gasteiger partial charge in [0.2, 0.25) is 5.78 Å². The molecule has 1 heterocycles. The van der Waals surface area contributed by atoms with Gasteiger partial charge in [0.1, 0.15) is 11.5 Å². The highest BCUT2D eigenvalue weighted by Crippen LogP contribution is 2.35. The monoisotopic (exact) mass is 378 g/mol. The van der Waals surface area contributed by atoms with E-state index in [0.29, 0.717) is 32.7 Å². The first-order valence-electron chi connectivity index (χ1n) is 7.21. The Morgan fingerprint density at radius 1 is 1.20 bits per heavy atom. The van der Waals surface area contributed by atoms with Crippen LogP contribution in [0, 0.1) is 0 Å². The minimum absolute atomic E-state index is 0.143. The van der Waals surface area contributed by atoms with E-state index in [9.17, 15) is 9.59 Å². The number of ether oxygens (including phenoxy) is 3. The van der Waals surface area contributed by atoms with Crippen LogP contribution in [-0.2, 0) is 9.53 Å². The Hall–Kier alpha value is -2.50. The number of carbonyl (C=O) groups is 2. The highest BCUT2D eigenvalue weighted by molar-refractivity contribution is 6.35. The molecule has 5 nitrogen and oxygen atoms in total. The summed E-state index contributed by atoms with van der Waals surface area (Å²) in [6.45, 7) is -0.230. The van der Waals surface area contributed by atoms with Gasteiger partial charge in [-0.25, -0.2) is 4.79 Å². The third-order valence-electron chi connectivity index (χ3n) is 3.47. The topological polar surface area (TPSA) is 61.8 Å². The van der Waals surface area contributed by atoms with Gasteiger partial charge < -0.3 is 14.2 Å². The summed E-state index contributed by atoms with van der Waals surface area (Å²) in [6.07, 6.45) is 1.55. The van der Waals surface area contributed by atoms with E-state index in [4.69, 9.17) is 32.7 Å². The van der Waals surface area contributed by atoms with E-state index in [0.717, 1.165) is 0 Å². The Morgan fingerprint density at radius 3 is 2.72 bits per heavy atom. The van der Waals surface area contributed by atoms with Crippen LogP contribution in [0.4, 0.5) is 0 Å². The lowest BCUT2D eigenvalue weighted by Crippen LogP contribution is -2.12. The fraction of sp³-hybridized carbons (Fsp3) is 0.111. The number of allylic oxidation sites excluding steroid dienone is 1. The summed E-state index contributed by atoms with van der Waals surface area (Å²) in [5.41, 5.74) is 1.02. The Bertz CT molecular complexity index is 889. The van der Waals surface area contributed by atoms with Crippen LogP contribution >= 0.6 is 23.2 Å². The second kappa shape index (κ2) is 7.17. The smallest absolute Gasteiger partial charge is 0.343 e. The molecule has 1 aliphatic heterocycles. The molecule has 1 aliphatic rings. The summed E-state index contributed by atoms with van der Waals surface area (Å²) < 4.78 is 15.4. The van der Waals surface area contributed by atoms with Gasteiger partial charge in [0.15, 0.2) is 12.4 Å². The number of hydrogen-bond donors (Lipinski definition) is 0. The lowest BCUT2D eigenvalue weighted by molar-refractivity contribution is -0.142. The number of methoxy groups -OCH3 is 1. The van der Waals surface area contributed by atoms with Crippen molar-refractivity contribution in [2.75, 3.05) is 13.7 Å². The average molecular weight is 379 g/mol. The average Bonchev–Trinajstić information content (AvgIpc) is 2.90. The predicted octanol–water partition coefficient (Wildman–Crippen LogP) is 4.16. The zero-order valence-electron chi connectivity index (χ0n) is 13.0. The number of benzene rings is 2. The molecule has 25 heavy (non-hydrogen) atoms. The lowest BCUT2D eigenvalue weighted by atomic mass is 10.1. The molecule has 0 atom stereocenters. The Morgan fingerprint density at radius 2 is 2.00 bits per heavy atom. The number of Topliss-reactive ketones (excluding diaryl/α,β-unsaturated/α-hetero) is 1. The summed E-state index contributed by atoms with van der Waals surface area (Å²) in [6, 6.07) is 9.66. The summed E-state index contributed by atoms with van der Waals surface area (Å²) in [5, 5.41) is 0.913. The van der Waals surface area contributed by atoms with Crippen molar-refractivity contribution >= 4 is 41.0 Å². The summed E-state index contributed by atoms with van der Waals surface area (Å²) in [5.74, 6) is 0.117. The van der Waals surface area contributed by atoms with Crippen LogP contribution in [-0.4, -0.2) is 25.5 Å². The molecule has 3 rings (SSSR count). The molecule has 2 aromatic carbocycles. The quantitative estimate of drug-likeness (QED) is 0.590. The molecule has 0 unspecified atom stereocenters. The Kier molecular flexibility index (Phi) is 4.97. The maximum Gasteiger partial charge on any atom is 0.343 e. The summed E-state index contributed by atoms with van der Waals surface area (Å²) >= 11 is 12.0. The van der Waals surface area contributed by atoms with Crippen LogP contribution in [0.2, 0.25) is 10.0 Å². The van der Waals surface area contributed by atoms with Gasteiger partial charge in [-0.05, 0) is 35.9 Å². The molecule has 0 aliphatic carbocycles. The largest absolute Gasteiger partial charge is 0.482 e. The van der Waals surface area contributed by atoms with E-state index in [1.165, 1.54) is 7.11 Å². The van der Waals surface area contributed by atoms with Gasteiger partial charge in [-0.2, -0.15) is 0 Å². The van der Waals surface area contributed by atoms with Crippen LogP contribution < -0.4 is 9.47 Å². The zero-order valence-corrected chi connectivity index (χ0v) is 14.6. The molecule has 0 fully saturated rings. The maximum atomic E-state index is 12.4. The lowest BCUT2D eigenvalue weighted by Gasteiger charge is -2.05. The van der Waals surface area contributed by atoms with Crippen molar-refractivity contribution in [3.05, 3.63) is 63.3 Å². The van der Waals surface area contributed by atoms with Crippen molar-refractivity contribution in [1.82, 2.24) is 0 Å². The molecule has 2 aromatic rings. The van der Waals surface area contributed by atoms with Crippen molar-refractivity contribution in [3.63, 3.8) is 0 Å². The van der Waals surface area contributed by atoms with E-state index >= 15 is 0 Å². The zero-order chi connectivity index (χ0) is 18.0. The number of fused-ring (bicyclic) bond motifs is 1. The SMILES string of the molecule is COC(=O)COc1ccc2c(c1)O/C(=C\c1ccc(Cl)cc1Cl)C2=O. The normalized spacial score (nSPS) is 14.2. The van der Waals surface area contributed by atoms with Crippen LogP contribution in [0.5, 0.6) is 11.5 Å². The summed E-state index contributed by atoms with van der Waals surface area (Å²) in [7, 11) is 1.27. The number of carbonyl (C=O) groups excluding carboxylic acids is 2. The van der Waals surface area contributed by atoms with Crippen molar-refractivity contribution in [1.29, 1.82) is 0 Å². The second-order valence-electron chi connectivity index (χ2n) is 5.13. The third kappa shape index (κ3) is 3.78. The molecule has 0 spiro atoms. The molecule has 0 bridgehead atoms. The van der Waals surface area contributed by atoms with Crippen LogP contribution in [0.3, 0.4) is 0 Å². The molecule has 0 aromatic heterocycles. The molecule has 128 valence electrons. The van der Waals surface area contributed by atoms with Crippen molar-refractivity contribution in [2.45, 2.75) is 0 Å². The van der Waals surface area contributed by atoms with Crippen molar-refractivity contribution in [3.8, 4) is 11.5 Å². The van der Waals surface area contributed by atoms with E-state index < -0.39 is 5.97 Å². The Labute approximate surface area is 153 Å². The molecule has 0 saturated carbocycles.